The van der Waals surface area contributed by atoms with E-state index in [0.717, 1.165) is 53.5 Å². The fourth-order valence-corrected chi connectivity index (χ4v) is 3.96. The number of aryl methyl sites for hydroxylation is 2. The molecule has 1 atom stereocenters. The molecule has 0 saturated carbocycles. The topological polar surface area (TPSA) is 75.6 Å². The zero-order valence-electron chi connectivity index (χ0n) is 19.1. The fourth-order valence-electron chi connectivity index (χ4n) is 3.96. The van der Waals surface area contributed by atoms with Crippen LogP contribution in [0.1, 0.15) is 47.1 Å². The maximum absolute atomic E-state index is 12.9. The number of hydrogen-bond donors (Lipinski definition) is 0. The van der Waals surface area contributed by atoms with E-state index in [4.69, 9.17) is 14.7 Å². The van der Waals surface area contributed by atoms with Crippen LogP contribution in [0.5, 0.6) is 5.75 Å². The first kappa shape index (κ1) is 22.7. The molecule has 1 aromatic heterocycles. The van der Waals surface area contributed by atoms with E-state index in [2.05, 4.69) is 0 Å². The minimum atomic E-state index is 0.0375. The van der Waals surface area contributed by atoms with E-state index >= 15 is 0 Å². The van der Waals surface area contributed by atoms with E-state index in [1.54, 1.807) is 26.1 Å². The van der Waals surface area contributed by atoms with Crippen molar-refractivity contribution in [3.63, 3.8) is 0 Å². The van der Waals surface area contributed by atoms with Crippen molar-refractivity contribution in [1.29, 1.82) is 0 Å². The first-order valence-corrected chi connectivity index (χ1v) is 10.7. The number of methoxy groups -OCH3 is 1. The van der Waals surface area contributed by atoms with Crippen molar-refractivity contribution < 1.29 is 14.3 Å². The second kappa shape index (κ2) is 9.90. The molecule has 31 heavy (non-hydrogen) atoms. The quantitative estimate of drug-likeness (QED) is 0.713. The third kappa shape index (κ3) is 5.60. The summed E-state index contributed by atoms with van der Waals surface area (Å²) in [4.78, 5) is 38.0. The third-order valence-electron chi connectivity index (χ3n) is 5.92. The predicted octanol–water partition coefficient (Wildman–Crippen LogP) is 2.68. The second-order valence-corrected chi connectivity index (χ2v) is 8.40. The molecule has 0 bridgehead atoms. The molecule has 7 nitrogen and oxygen atoms in total. The van der Waals surface area contributed by atoms with Gasteiger partial charge >= 0.3 is 0 Å². The van der Waals surface area contributed by atoms with Crippen LogP contribution in [-0.4, -0.2) is 65.9 Å². The standard InChI is InChI=1S/C24H32N4O3/c1-16-21(14-22(29)27(3)4)17(2)26-24(25-16)19-7-6-12-28(15-19)23(30)13-18-8-10-20(31-5)11-9-18/h8-11,19H,6-7,12-15H2,1-5H3. The van der Waals surface area contributed by atoms with Crippen LogP contribution in [0.3, 0.4) is 0 Å². The monoisotopic (exact) mass is 424 g/mol. The van der Waals surface area contributed by atoms with Gasteiger partial charge in [0.1, 0.15) is 11.6 Å². The lowest BCUT2D eigenvalue weighted by molar-refractivity contribution is -0.131. The van der Waals surface area contributed by atoms with E-state index in [0.29, 0.717) is 19.4 Å². The molecule has 0 spiro atoms. The van der Waals surface area contributed by atoms with Gasteiger partial charge in [-0.15, -0.1) is 0 Å². The molecule has 1 fully saturated rings. The van der Waals surface area contributed by atoms with Crippen molar-refractivity contribution in [1.82, 2.24) is 19.8 Å². The molecule has 1 saturated heterocycles. The Morgan fingerprint density at radius 2 is 1.74 bits per heavy atom. The lowest BCUT2D eigenvalue weighted by atomic mass is 9.95. The van der Waals surface area contributed by atoms with Gasteiger partial charge in [-0.25, -0.2) is 9.97 Å². The Labute approximate surface area is 184 Å². The van der Waals surface area contributed by atoms with Crippen LogP contribution in [0.2, 0.25) is 0 Å². The van der Waals surface area contributed by atoms with Gasteiger partial charge in [0.2, 0.25) is 11.8 Å². The van der Waals surface area contributed by atoms with Gasteiger partial charge < -0.3 is 14.5 Å². The molecule has 1 aliphatic rings. The van der Waals surface area contributed by atoms with Crippen LogP contribution in [0.15, 0.2) is 24.3 Å². The van der Waals surface area contributed by atoms with E-state index in [1.807, 2.05) is 43.0 Å². The molecule has 7 heteroatoms. The summed E-state index contributed by atoms with van der Waals surface area (Å²) in [7, 11) is 5.13. The molecule has 2 aromatic rings. The number of nitrogens with zero attached hydrogens (tertiary/aromatic N) is 4. The highest BCUT2D eigenvalue weighted by molar-refractivity contribution is 5.79. The molecule has 3 rings (SSSR count). The highest BCUT2D eigenvalue weighted by atomic mass is 16.5. The van der Waals surface area contributed by atoms with Crippen LogP contribution in [-0.2, 0) is 22.4 Å². The van der Waals surface area contributed by atoms with Gasteiger partial charge in [-0.2, -0.15) is 0 Å². The van der Waals surface area contributed by atoms with E-state index in [9.17, 15) is 9.59 Å². The number of rotatable bonds is 6. The number of amides is 2. The van der Waals surface area contributed by atoms with Gasteiger partial charge in [-0.1, -0.05) is 12.1 Å². The molecule has 2 amide bonds. The van der Waals surface area contributed by atoms with Crippen molar-refractivity contribution in [2.75, 3.05) is 34.3 Å². The molecule has 0 aliphatic carbocycles. The van der Waals surface area contributed by atoms with Gasteiger partial charge in [0.15, 0.2) is 0 Å². The number of ether oxygens (including phenoxy) is 1. The summed E-state index contributed by atoms with van der Waals surface area (Å²) in [5, 5.41) is 0. The van der Waals surface area contributed by atoms with E-state index < -0.39 is 0 Å². The minimum absolute atomic E-state index is 0.0375. The Morgan fingerprint density at radius 3 is 2.32 bits per heavy atom. The number of likely N-dealkylation sites (tertiary alicyclic amines) is 1. The summed E-state index contributed by atoms with van der Waals surface area (Å²) < 4.78 is 5.18. The van der Waals surface area contributed by atoms with Crippen LogP contribution >= 0.6 is 0 Å². The molecule has 1 aliphatic heterocycles. The van der Waals surface area contributed by atoms with Crippen molar-refractivity contribution in [2.24, 2.45) is 0 Å². The van der Waals surface area contributed by atoms with Crippen molar-refractivity contribution in [3.05, 3.63) is 52.6 Å². The average molecular weight is 425 g/mol. The maximum Gasteiger partial charge on any atom is 0.227 e. The molecule has 0 radical (unpaired) electrons. The SMILES string of the molecule is COc1ccc(CC(=O)N2CCCC(c3nc(C)c(CC(=O)N(C)C)c(C)n3)C2)cc1. The summed E-state index contributed by atoms with van der Waals surface area (Å²) in [6, 6.07) is 7.62. The van der Waals surface area contributed by atoms with Crippen LogP contribution in [0.4, 0.5) is 0 Å². The lowest BCUT2D eigenvalue weighted by Gasteiger charge is -2.32. The fraction of sp³-hybridized carbons (Fsp3) is 0.500. The first-order chi connectivity index (χ1) is 14.8. The Morgan fingerprint density at radius 1 is 1.10 bits per heavy atom. The molecule has 0 N–H and O–H groups in total. The van der Waals surface area contributed by atoms with Gasteiger partial charge in [-0.3, -0.25) is 9.59 Å². The van der Waals surface area contributed by atoms with E-state index in [-0.39, 0.29) is 17.7 Å². The summed E-state index contributed by atoms with van der Waals surface area (Å²) >= 11 is 0. The third-order valence-corrected chi connectivity index (χ3v) is 5.92. The number of likely N-dealkylation sites (N-methyl/N-ethyl adjacent to an activating group) is 1. The van der Waals surface area contributed by atoms with Gasteiger partial charge in [0.25, 0.3) is 0 Å². The first-order valence-electron chi connectivity index (χ1n) is 10.7. The van der Waals surface area contributed by atoms with Crippen LogP contribution < -0.4 is 4.74 Å². The highest BCUT2D eigenvalue weighted by Gasteiger charge is 2.27. The Kier molecular flexibility index (Phi) is 7.25. The molecular formula is C24H32N4O3. The lowest BCUT2D eigenvalue weighted by Crippen LogP contribution is -2.40. The predicted molar refractivity (Wildman–Crippen MR) is 119 cm³/mol. The van der Waals surface area contributed by atoms with Crippen molar-refractivity contribution >= 4 is 11.8 Å². The summed E-state index contributed by atoms with van der Waals surface area (Å²) in [5.74, 6) is 1.84. The molecular weight excluding hydrogens is 392 g/mol. The molecule has 2 heterocycles. The van der Waals surface area contributed by atoms with Crippen molar-refractivity contribution in [3.8, 4) is 5.75 Å². The zero-order valence-corrected chi connectivity index (χ0v) is 19.1. The second-order valence-electron chi connectivity index (χ2n) is 8.40. The number of carbonyl (C=O) groups excluding carboxylic acids is 2. The number of hydrogen-bond acceptors (Lipinski definition) is 5. The number of aromatic nitrogens is 2. The Bertz CT molecular complexity index is 917. The summed E-state index contributed by atoms with van der Waals surface area (Å²) in [5.41, 5.74) is 3.57. The average Bonchev–Trinajstić information content (AvgIpc) is 2.76. The van der Waals surface area contributed by atoms with Crippen LogP contribution in [0, 0.1) is 13.8 Å². The van der Waals surface area contributed by atoms with Gasteiger partial charge in [-0.05, 0) is 44.4 Å². The zero-order chi connectivity index (χ0) is 22.5. The van der Waals surface area contributed by atoms with Crippen LogP contribution in [0.25, 0.3) is 0 Å². The van der Waals surface area contributed by atoms with Gasteiger partial charge in [0.05, 0.1) is 20.0 Å². The molecule has 1 aromatic carbocycles. The Balaban J connectivity index is 1.69. The van der Waals surface area contributed by atoms with E-state index in [1.165, 1.54) is 0 Å². The molecule has 1 unspecified atom stereocenters. The number of benzene rings is 1. The Hall–Kier alpha value is -2.96. The molecule has 166 valence electrons. The summed E-state index contributed by atoms with van der Waals surface area (Å²) in [6.07, 6.45) is 2.58. The minimum Gasteiger partial charge on any atom is -0.497 e. The largest absolute Gasteiger partial charge is 0.497 e. The van der Waals surface area contributed by atoms with Crippen molar-refractivity contribution in [2.45, 2.75) is 45.4 Å². The highest BCUT2D eigenvalue weighted by Crippen LogP contribution is 2.27. The summed E-state index contributed by atoms with van der Waals surface area (Å²) in [6.45, 7) is 5.26. The van der Waals surface area contributed by atoms with Gasteiger partial charge in [0, 0.05) is 50.1 Å². The smallest absolute Gasteiger partial charge is 0.227 e. The number of piperidine rings is 1. The number of carbonyl (C=O) groups is 2. The normalized spacial score (nSPS) is 16.2. The maximum atomic E-state index is 12.9.